The van der Waals surface area contributed by atoms with Gasteiger partial charge in [0, 0.05) is 24.2 Å². The number of carbonyl (C=O) groups excluding carboxylic acids is 1. The van der Waals surface area contributed by atoms with Gasteiger partial charge in [-0.3, -0.25) is 19.5 Å². The number of hydrogen-bond donors (Lipinski definition) is 2. The van der Waals surface area contributed by atoms with E-state index in [1.54, 1.807) is 66.7 Å². The number of sulfonamides is 1. The molecule has 2 aromatic heterocycles. The smallest absolute Gasteiger partial charge is 0.326 e. The number of hydrogen-bond acceptors (Lipinski definition) is 8. The van der Waals surface area contributed by atoms with Gasteiger partial charge in [-0.2, -0.15) is 0 Å². The normalized spacial score (nSPS) is 11.4. The average molecular weight is 559 g/mol. The fraction of sp³-hybridized carbons (Fsp3) is 0.143. The Morgan fingerprint density at radius 3 is 2.55 bits per heavy atom. The number of benzene rings is 3. The van der Waals surface area contributed by atoms with E-state index in [9.17, 15) is 13.2 Å². The predicted octanol–water partition coefficient (Wildman–Crippen LogP) is 3.35. The first-order valence-electron chi connectivity index (χ1n) is 12.1. The summed E-state index contributed by atoms with van der Waals surface area (Å²) in [6.45, 7) is -0.390. The van der Waals surface area contributed by atoms with Crippen molar-refractivity contribution in [1.29, 1.82) is 5.41 Å². The number of aromatic nitrogens is 3. The van der Waals surface area contributed by atoms with Crippen molar-refractivity contribution in [3.05, 3.63) is 90.4 Å². The van der Waals surface area contributed by atoms with Crippen LogP contribution in [0.5, 0.6) is 5.75 Å². The number of nitrogens with two attached hydrogens (primary N) is 1. The Bertz CT molecular complexity index is 1850. The number of methoxy groups -OCH3 is 1. The van der Waals surface area contributed by atoms with Crippen LogP contribution in [0.15, 0.2) is 83.9 Å². The van der Waals surface area contributed by atoms with Crippen LogP contribution in [0.1, 0.15) is 11.4 Å². The molecular formula is C28H26N6O5S. The Kier molecular flexibility index (Phi) is 7.09. The van der Waals surface area contributed by atoms with Gasteiger partial charge in [-0.25, -0.2) is 13.4 Å². The molecule has 0 saturated carbocycles. The molecule has 0 spiro atoms. The molecule has 11 nitrogen and oxygen atoms in total. The third kappa shape index (κ3) is 5.04. The molecule has 40 heavy (non-hydrogen) atoms. The molecule has 0 aliphatic heterocycles. The monoisotopic (exact) mass is 558 g/mol. The highest BCUT2D eigenvalue weighted by atomic mass is 32.2. The van der Waals surface area contributed by atoms with Crippen LogP contribution in [0.3, 0.4) is 0 Å². The maximum absolute atomic E-state index is 13.9. The Hall–Kier alpha value is -4.97. The summed E-state index contributed by atoms with van der Waals surface area (Å²) in [7, 11) is -1.19. The molecule has 0 saturated heterocycles. The maximum atomic E-state index is 13.9. The number of anilines is 1. The number of rotatable bonds is 9. The second-order valence-electron chi connectivity index (χ2n) is 8.91. The summed E-state index contributed by atoms with van der Waals surface area (Å²) in [5, 5.41) is 8.16. The first-order chi connectivity index (χ1) is 19.2. The third-order valence-electron chi connectivity index (χ3n) is 6.44. The summed E-state index contributed by atoms with van der Waals surface area (Å²) in [4.78, 5) is 21.2. The van der Waals surface area contributed by atoms with Crippen molar-refractivity contribution in [3.8, 4) is 5.75 Å². The lowest BCUT2D eigenvalue weighted by Gasteiger charge is -2.24. The fourth-order valence-corrected chi connectivity index (χ4v) is 5.87. The Morgan fingerprint density at radius 1 is 1.07 bits per heavy atom. The number of esters is 1. The molecule has 12 heteroatoms. The predicted molar refractivity (Wildman–Crippen MR) is 151 cm³/mol. The number of aryl methyl sites for hydroxylation is 1. The standard InChI is InChI=1S/C28H26N6O5S/c1-33-23-13-10-20(15-22(23)32-25(33)17-39-21-11-8-19(9-12-21)28(29)30)34(16-26(35)38-2)40(36,37)24-7-3-5-18-6-4-14-31-27(18)24/h3-15H,16-17H2,1-2H3,(H3,29,30). The molecule has 0 fully saturated rings. The summed E-state index contributed by atoms with van der Waals surface area (Å²) in [6.07, 6.45) is 1.52. The summed E-state index contributed by atoms with van der Waals surface area (Å²) >= 11 is 0. The van der Waals surface area contributed by atoms with Crippen LogP contribution in [-0.2, 0) is 33.2 Å². The molecule has 5 aromatic rings. The van der Waals surface area contributed by atoms with Gasteiger partial charge in [0.2, 0.25) is 0 Å². The molecule has 5 rings (SSSR count). The van der Waals surface area contributed by atoms with Gasteiger partial charge >= 0.3 is 5.97 Å². The van der Waals surface area contributed by atoms with Crippen LogP contribution < -0.4 is 14.8 Å². The third-order valence-corrected chi connectivity index (χ3v) is 8.25. The van der Waals surface area contributed by atoms with Crippen LogP contribution in [0.4, 0.5) is 5.69 Å². The number of nitrogen functional groups attached to an aromatic ring is 1. The number of fused-ring (bicyclic) bond motifs is 2. The number of para-hydroxylation sites is 1. The van der Waals surface area contributed by atoms with E-state index in [1.165, 1.54) is 19.4 Å². The zero-order chi connectivity index (χ0) is 28.4. The molecule has 0 unspecified atom stereocenters. The number of carbonyl (C=O) groups is 1. The molecule has 0 bridgehead atoms. The summed E-state index contributed by atoms with van der Waals surface area (Å²) in [5.74, 6) is 0.431. The first kappa shape index (κ1) is 26.6. The molecule has 2 heterocycles. The van der Waals surface area contributed by atoms with E-state index in [0.29, 0.717) is 33.6 Å². The lowest BCUT2D eigenvalue weighted by Crippen LogP contribution is -2.36. The largest absolute Gasteiger partial charge is 0.486 e. The molecule has 3 N–H and O–H groups in total. The Labute approximate surface area is 230 Å². The minimum atomic E-state index is -4.23. The summed E-state index contributed by atoms with van der Waals surface area (Å²) in [6, 6.07) is 20.2. The van der Waals surface area contributed by atoms with E-state index < -0.39 is 22.5 Å². The van der Waals surface area contributed by atoms with Crippen molar-refractivity contribution in [3.63, 3.8) is 0 Å². The Balaban J connectivity index is 1.50. The lowest BCUT2D eigenvalue weighted by molar-refractivity contribution is -0.138. The topological polar surface area (TPSA) is 153 Å². The summed E-state index contributed by atoms with van der Waals surface area (Å²) in [5.41, 5.74) is 7.91. The van der Waals surface area contributed by atoms with Gasteiger partial charge in [0.15, 0.2) is 0 Å². The highest BCUT2D eigenvalue weighted by Crippen LogP contribution is 2.30. The maximum Gasteiger partial charge on any atom is 0.326 e. The molecule has 0 atom stereocenters. The summed E-state index contributed by atoms with van der Waals surface area (Å²) < 4.78 is 41.4. The van der Waals surface area contributed by atoms with E-state index in [2.05, 4.69) is 9.97 Å². The average Bonchev–Trinajstić information content (AvgIpc) is 3.28. The molecule has 204 valence electrons. The lowest BCUT2D eigenvalue weighted by atomic mass is 10.2. The minimum Gasteiger partial charge on any atom is -0.486 e. The minimum absolute atomic E-state index is 0.0273. The van der Waals surface area contributed by atoms with Gasteiger partial charge in [-0.1, -0.05) is 18.2 Å². The molecule has 0 aliphatic carbocycles. The zero-order valence-corrected chi connectivity index (χ0v) is 22.6. The van der Waals surface area contributed by atoms with Crippen molar-refractivity contribution in [2.75, 3.05) is 18.0 Å². The second-order valence-corrected chi connectivity index (χ2v) is 10.7. The highest BCUT2D eigenvalue weighted by Gasteiger charge is 2.30. The molecule has 0 amide bonds. The number of pyridine rings is 1. The van der Waals surface area contributed by atoms with E-state index in [4.69, 9.17) is 20.6 Å². The van der Waals surface area contributed by atoms with Crippen LogP contribution >= 0.6 is 0 Å². The van der Waals surface area contributed by atoms with Gasteiger partial charge in [-0.05, 0) is 54.6 Å². The highest BCUT2D eigenvalue weighted by molar-refractivity contribution is 7.93. The van der Waals surface area contributed by atoms with E-state index in [0.717, 1.165) is 9.82 Å². The SMILES string of the molecule is COC(=O)CN(c1ccc2c(c1)nc(COc1ccc(C(=N)N)cc1)n2C)S(=O)(=O)c1cccc2cccnc12. The molecule has 3 aromatic carbocycles. The van der Waals surface area contributed by atoms with E-state index in [1.807, 2.05) is 11.6 Å². The van der Waals surface area contributed by atoms with Gasteiger partial charge in [0.1, 0.15) is 35.5 Å². The van der Waals surface area contributed by atoms with Crippen LogP contribution in [0, 0.1) is 5.41 Å². The van der Waals surface area contributed by atoms with Crippen molar-refractivity contribution in [2.24, 2.45) is 12.8 Å². The van der Waals surface area contributed by atoms with Gasteiger partial charge in [-0.15, -0.1) is 0 Å². The zero-order valence-electron chi connectivity index (χ0n) is 21.7. The van der Waals surface area contributed by atoms with Crippen LogP contribution in [0.25, 0.3) is 21.9 Å². The first-order valence-corrected chi connectivity index (χ1v) is 13.6. The number of ether oxygens (including phenoxy) is 2. The van der Waals surface area contributed by atoms with Gasteiger partial charge < -0.3 is 19.8 Å². The number of nitrogens with one attached hydrogen (secondary N) is 1. The van der Waals surface area contributed by atoms with Crippen molar-refractivity contribution < 1.29 is 22.7 Å². The van der Waals surface area contributed by atoms with Crippen molar-refractivity contribution in [1.82, 2.24) is 14.5 Å². The number of imidazole rings is 1. The molecule has 0 radical (unpaired) electrons. The second kappa shape index (κ2) is 10.7. The Morgan fingerprint density at radius 2 is 1.82 bits per heavy atom. The van der Waals surface area contributed by atoms with Crippen molar-refractivity contribution >= 4 is 49.5 Å². The number of nitrogens with zero attached hydrogens (tertiary/aromatic N) is 4. The van der Waals surface area contributed by atoms with Crippen LogP contribution in [-0.4, -0.2) is 48.4 Å². The molecule has 0 aliphatic rings. The fourth-order valence-electron chi connectivity index (χ4n) is 4.30. The van der Waals surface area contributed by atoms with E-state index >= 15 is 0 Å². The van der Waals surface area contributed by atoms with Crippen molar-refractivity contribution in [2.45, 2.75) is 11.5 Å². The molecular weight excluding hydrogens is 532 g/mol. The van der Waals surface area contributed by atoms with Gasteiger partial charge in [0.25, 0.3) is 10.0 Å². The van der Waals surface area contributed by atoms with Crippen LogP contribution in [0.2, 0.25) is 0 Å². The number of amidine groups is 1. The quantitative estimate of drug-likeness (QED) is 0.159. The van der Waals surface area contributed by atoms with E-state index in [-0.39, 0.29) is 23.0 Å². The van der Waals surface area contributed by atoms with Gasteiger partial charge in [0.05, 0.1) is 29.3 Å².